The van der Waals surface area contributed by atoms with E-state index >= 15 is 0 Å². The Morgan fingerprint density at radius 2 is 1.84 bits per heavy atom. The van der Waals surface area contributed by atoms with E-state index in [9.17, 15) is 4.79 Å². The van der Waals surface area contributed by atoms with Crippen LogP contribution in [0.5, 0.6) is 0 Å². The van der Waals surface area contributed by atoms with Crippen molar-refractivity contribution in [2.75, 3.05) is 13.1 Å². The number of carboxylic acids is 1. The van der Waals surface area contributed by atoms with E-state index in [1.165, 1.54) is 43.5 Å². The third-order valence-corrected chi connectivity index (χ3v) is 7.36. The quantitative estimate of drug-likeness (QED) is 0.648. The summed E-state index contributed by atoms with van der Waals surface area (Å²) in [6.45, 7) is 5.55. The highest BCUT2D eigenvalue weighted by atomic mass is 16.4. The van der Waals surface area contributed by atoms with E-state index in [0.29, 0.717) is 29.0 Å². The summed E-state index contributed by atoms with van der Waals surface area (Å²) in [6.07, 6.45) is 7.41. The molecule has 2 aromatic rings. The van der Waals surface area contributed by atoms with Gasteiger partial charge in [-0.3, -0.25) is 4.90 Å². The third kappa shape index (κ3) is 4.46. The first-order valence-electron chi connectivity index (χ1n) is 11.6. The standard InChI is InChI=1S/C27H32N2O2/c1-2-21(12-19-6-4-3-5-7-19)24-13-25(24)28-23-14-27(15-23)17-29(18-27)16-20-8-10-22(11-9-20)26(30)31/h3-12,23-25,28H,2,13-18H2,1H3,(H,30,31)/b21-12+. The van der Waals surface area contributed by atoms with Gasteiger partial charge in [0, 0.05) is 31.7 Å². The minimum absolute atomic E-state index is 0.361. The molecule has 0 bridgehead atoms. The fourth-order valence-corrected chi connectivity index (χ4v) is 5.71. The van der Waals surface area contributed by atoms with Crippen molar-refractivity contribution in [2.45, 2.75) is 51.2 Å². The van der Waals surface area contributed by atoms with Gasteiger partial charge in [0.25, 0.3) is 0 Å². The summed E-state index contributed by atoms with van der Waals surface area (Å²) < 4.78 is 0. The Bertz CT molecular complexity index is 952. The molecule has 3 aliphatic rings. The molecule has 2 saturated carbocycles. The Hall–Kier alpha value is -2.43. The van der Waals surface area contributed by atoms with E-state index < -0.39 is 5.97 Å². The monoisotopic (exact) mass is 416 g/mol. The summed E-state index contributed by atoms with van der Waals surface area (Å²) in [6, 6.07) is 19.3. The van der Waals surface area contributed by atoms with E-state index in [-0.39, 0.29) is 0 Å². The molecule has 1 heterocycles. The molecule has 1 spiro atoms. The van der Waals surface area contributed by atoms with Gasteiger partial charge in [0.05, 0.1) is 5.56 Å². The fourth-order valence-electron chi connectivity index (χ4n) is 5.71. The van der Waals surface area contributed by atoms with Gasteiger partial charge in [-0.1, -0.05) is 61.0 Å². The molecule has 31 heavy (non-hydrogen) atoms. The van der Waals surface area contributed by atoms with Gasteiger partial charge in [-0.05, 0) is 60.3 Å². The Labute approximate surface area is 185 Å². The molecule has 162 valence electrons. The zero-order chi connectivity index (χ0) is 21.4. The molecule has 5 rings (SSSR count). The van der Waals surface area contributed by atoms with Crippen molar-refractivity contribution in [3.8, 4) is 0 Å². The summed E-state index contributed by atoms with van der Waals surface area (Å²) in [7, 11) is 0. The lowest BCUT2D eigenvalue weighted by Crippen LogP contribution is -2.65. The van der Waals surface area contributed by atoms with E-state index in [2.05, 4.69) is 53.5 Å². The molecule has 4 nitrogen and oxygen atoms in total. The van der Waals surface area contributed by atoms with Gasteiger partial charge in [0.1, 0.15) is 0 Å². The molecule has 0 aromatic heterocycles. The molecule has 0 amide bonds. The summed E-state index contributed by atoms with van der Waals surface area (Å²) >= 11 is 0. The molecule has 2 aromatic carbocycles. The van der Waals surface area contributed by atoms with Crippen LogP contribution in [-0.4, -0.2) is 41.1 Å². The molecular formula is C27H32N2O2. The van der Waals surface area contributed by atoms with E-state index in [4.69, 9.17) is 5.11 Å². The summed E-state index contributed by atoms with van der Waals surface area (Å²) in [5, 5.41) is 13.0. The van der Waals surface area contributed by atoms with Crippen LogP contribution >= 0.6 is 0 Å². The minimum atomic E-state index is -0.859. The number of carbonyl (C=O) groups is 1. The summed E-state index contributed by atoms with van der Waals surface area (Å²) in [5.41, 5.74) is 4.99. The number of nitrogens with zero attached hydrogens (tertiary/aromatic N) is 1. The molecule has 2 unspecified atom stereocenters. The Kier molecular flexibility index (Phi) is 5.45. The number of hydrogen-bond acceptors (Lipinski definition) is 3. The van der Waals surface area contributed by atoms with Crippen LogP contribution in [-0.2, 0) is 6.54 Å². The topological polar surface area (TPSA) is 52.6 Å². The first-order valence-corrected chi connectivity index (χ1v) is 11.6. The highest BCUT2D eigenvalue weighted by Gasteiger charge is 2.53. The predicted molar refractivity (Wildman–Crippen MR) is 124 cm³/mol. The number of benzene rings is 2. The smallest absolute Gasteiger partial charge is 0.335 e. The maximum Gasteiger partial charge on any atom is 0.335 e. The zero-order valence-corrected chi connectivity index (χ0v) is 18.3. The molecule has 1 saturated heterocycles. The number of carboxylic acid groups (broad SMARTS) is 1. The van der Waals surface area contributed by atoms with Gasteiger partial charge in [-0.15, -0.1) is 0 Å². The lowest BCUT2D eigenvalue weighted by molar-refractivity contribution is -0.0834. The largest absolute Gasteiger partial charge is 0.478 e. The normalized spacial score (nSPS) is 25.1. The maximum atomic E-state index is 11.0. The predicted octanol–water partition coefficient (Wildman–Crippen LogP) is 4.82. The molecule has 1 aliphatic heterocycles. The van der Waals surface area contributed by atoms with Crippen LogP contribution in [0.2, 0.25) is 0 Å². The SMILES string of the molecule is CC/C(=C\c1ccccc1)C1CC1NC1CC2(C1)CN(Cc1ccc(C(=O)O)cc1)C2. The minimum Gasteiger partial charge on any atom is -0.478 e. The van der Waals surface area contributed by atoms with Crippen molar-refractivity contribution in [1.82, 2.24) is 10.2 Å². The van der Waals surface area contributed by atoms with E-state index in [1.807, 2.05) is 12.1 Å². The lowest BCUT2D eigenvalue weighted by atomic mass is 9.60. The van der Waals surface area contributed by atoms with Crippen LogP contribution in [0.1, 0.15) is 54.1 Å². The average Bonchev–Trinajstić information content (AvgIpc) is 3.49. The number of hydrogen-bond donors (Lipinski definition) is 2. The Morgan fingerprint density at radius 1 is 1.13 bits per heavy atom. The molecule has 2 N–H and O–H groups in total. The number of likely N-dealkylation sites (tertiary alicyclic amines) is 1. The van der Waals surface area contributed by atoms with Crippen LogP contribution < -0.4 is 5.32 Å². The number of nitrogens with one attached hydrogen (secondary N) is 1. The van der Waals surface area contributed by atoms with Gasteiger partial charge in [-0.25, -0.2) is 4.79 Å². The summed E-state index contributed by atoms with van der Waals surface area (Å²) in [5.74, 6) is -0.143. The van der Waals surface area contributed by atoms with Gasteiger partial charge in [0.15, 0.2) is 0 Å². The fraction of sp³-hybridized carbons (Fsp3) is 0.444. The van der Waals surface area contributed by atoms with Crippen molar-refractivity contribution in [1.29, 1.82) is 0 Å². The van der Waals surface area contributed by atoms with Crippen LogP contribution in [0.25, 0.3) is 6.08 Å². The number of rotatable bonds is 8. The molecule has 4 heteroatoms. The van der Waals surface area contributed by atoms with Crippen molar-refractivity contribution < 1.29 is 9.90 Å². The van der Waals surface area contributed by atoms with Gasteiger partial charge < -0.3 is 10.4 Å². The van der Waals surface area contributed by atoms with Gasteiger partial charge >= 0.3 is 5.97 Å². The van der Waals surface area contributed by atoms with Crippen molar-refractivity contribution in [3.63, 3.8) is 0 Å². The Morgan fingerprint density at radius 3 is 2.48 bits per heavy atom. The number of aromatic carboxylic acids is 1. The Balaban J connectivity index is 1.05. The lowest BCUT2D eigenvalue weighted by Gasteiger charge is -2.59. The van der Waals surface area contributed by atoms with Gasteiger partial charge in [-0.2, -0.15) is 0 Å². The van der Waals surface area contributed by atoms with Crippen LogP contribution in [0.3, 0.4) is 0 Å². The second kappa shape index (κ2) is 8.25. The highest BCUT2D eigenvalue weighted by molar-refractivity contribution is 5.87. The van der Waals surface area contributed by atoms with E-state index in [0.717, 1.165) is 13.0 Å². The molecule has 3 fully saturated rings. The second-order valence-corrected chi connectivity index (χ2v) is 9.85. The van der Waals surface area contributed by atoms with Crippen molar-refractivity contribution >= 4 is 12.0 Å². The third-order valence-electron chi connectivity index (χ3n) is 7.36. The average molecular weight is 417 g/mol. The van der Waals surface area contributed by atoms with Crippen LogP contribution in [0, 0.1) is 11.3 Å². The maximum absolute atomic E-state index is 11.0. The summed E-state index contributed by atoms with van der Waals surface area (Å²) in [4.78, 5) is 13.5. The van der Waals surface area contributed by atoms with Gasteiger partial charge in [0.2, 0.25) is 0 Å². The van der Waals surface area contributed by atoms with Crippen LogP contribution in [0.15, 0.2) is 60.2 Å². The van der Waals surface area contributed by atoms with Crippen molar-refractivity contribution in [2.24, 2.45) is 11.3 Å². The molecular weight excluding hydrogens is 384 g/mol. The van der Waals surface area contributed by atoms with Crippen molar-refractivity contribution in [3.05, 3.63) is 76.9 Å². The molecule has 0 radical (unpaired) electrons. The van der Waals surface area contributed by atoms with E-state index in [1.54, 1.807) is 17.7 Å². The first-order chi connectivity index (χ1) is 15.0. The first kappa shape index (κ1) is 20.5. The van der Waals surface area contributed by atoms with Crippen LogP contribution in [0.4, 0.5) is 0 Å². The molecule has 2 atom stereocenters. The zero-order valence-electron chi connectivity index (χ0n) is 18.3. The second-order valence-electron chi connectivity index (χ2n) is 9.85. The molecule has 2 aliphatic carbocycles. The highest BCUT2D eigenvalue weighted by Crippen LogP contribution is 2.50.